The first-order valence-corrected chi connectivity index (χ1v) is 8.71. The van der Waals surface area contributed by atoms with E-state index in [2.05, 4.69) is 15.1 Å². The van der Waals surface area contributed by atoms with Gasteiger partial charge in [0.1, 0.15) is 5.82 Å². The monoisotopic (exact) mass is 375 g/mol. The molecular formula is C21H16FN5O. The van der Waals surface area contributed by atoms with Crippen LogP contribution in [-0.4, -0.2) is 30.6 Å². The Bertz CT molecular complexity index is 1320. The molecule has 0 bridgehead atoms. The fraction of sp³-hybridized carbons (Fsp3) is 0.143. The summed E-state index contributed by atoms with van der Waals surface area (Å²) in [5.74, 6) is -1.02. The van der Waals surface area contributed by atoms with Crippen molar-refractivity contribution in [3.05, 3.63) is 77.6 Å². The van der Waals surface area contributed by atoms with Crippen LogP contribution in [0.3, 0.4) is 0 Å². The summed E-state index contributed by atoms with van der Waals surface area (Å²) in [4.78, 5) is 21.9. The van der Waals surface area contributed by atoms with E-state index in [4.69, 9.17) is 2.74 Å². The Kier molecular flexibility index (Phi) is 3.21. The predicted molar refractivity (Wildman–Crippen MR) is 102 cm³/mol. The van der Waals surface area contributed by atoms with Gasteiger partial charge in [-0.05, 0) is 35.4 Å². The molecule has 0 aliphatic carbocycles. The van der Waals surface area contributed by atoms with Crippen LogP contribution < -0.4 is 0 Å². The number of nitrogens with zero attached hydrogens (tertiary/aromatic N) is 5. The first-order valence-electron chi connectivity index (χ1n) is 9.71. The lowest BCUT2D eigenvalue weighted by atomic mass is 10.0. The molecular weight excluding hydrogens is 357 g/mol. The Morgan fingerprint density at radius 3 is 2.89 bits per heavy atom. The number of aryl methyl sites for hydroxylation is 1. The Hall–Kier alpha value is -3.61. The molecule has 0 spiro atoms. The molecule has 0 radical (unpaired) electrons. The molecule has 0 atom stereocenters. The number of carbonyl (C=O) groups is 1. The normalized spacial score (nSPS) is 16.2. The number of hydrogen-bond acceptors (Lipinski definition) is 4. The number of rotatable bonds is 3. The van der Waals surface area contributed by atoms with Crippen molar-refractivity contribution in [2.45, 2.75) is 13.0 Å². The maximum atomic E-state index is 15.0. The number of hydrogen-bond donors (Lipinski definition) is 0. The molecule has 28 heavy (non-hydrogen) atoms. The summed E-state index contributed by atoms with van der Waals surface area (Å²) in [5, 5.41) is 5.08. The van der Waals surface area contributed by atoms with Gasteiger partial charge in [0.25, 0.3) is 5.91 Å². The maximum Gasteiger partial charge on any atom is 0.256 e. The third-order valence-corrected chi connectivity index (χ3v) is 4.75. The van der Waals surface area contributed by atoms with Crippen LogP contribution in [0.5, 0.6) is 0 Å². The van der Waals surface area contributed by atoms with Crippen molar-refractivity contribution in [1.82, 2.24) is 24.6 Å². The van der Waals surface area contributed by atoms with Crippen molar-refractivity contribution < 1.29 is 11.9 Å². The number of aromatic nitrogens is 4. The number of carbonyl (C=O) groups excluding carboxylic acids is 1. The molecule has 4 aromatic rings. The quantitative estimate of drug-likeness (QED) is 0.551. The molecule has 4 heterocycles. The number of fused-ring (bicyclic) bond motifs is 2. The topological polar surface area (TPSA) is 63.9 Å². The number of benzene rings is 1. The van der Waals surface area contributed by atoms with Gasteiger partial charge in [0, 0.05) is 43.1 Å². The van der Waals surface area contributed by atoms with Crippen LogP contribution in [0.25, 0.3) is 22.2 Å². The Labute approximate surface area is 163 Å². The van der Waals surface area contributed by atoms with Gasteiger partial charge in [0.05, 0.1) is 20.5 Å². The molecule has 1 aliphatic rings. The molecule has 1 aromatic carbocycles. The van der Waals surface area contributed by atoms with Crippen molar-refractivity contribution >= 4 is 16.9 Å². The van der Waals surface area contributed by atoms with E-state index in [0.29, 0.717) is 11.2 Å². The standard InChI is InChI=1S/C21H16FN5O/c1-26-11-17-15(6-8-24-20(17)25-26)13-4-5-14(18(22)9-13)10-27-12-19-16(21(27)28)3-2-7-23-19/h2-9,11H,10,12H2,1H3/i12D2. The number of halogens is 1. The summed E-state index contributed by atoms with van der Waals surface area (Å²) < 4.78 is 33.3. The van der Waals surface area contributed by atoms with Crippen LogP contribution >= 0.6 is 0 Å². The van der Waals surface area contributed by atoms with E-state index in [1.165, 1.54) is 18.3 Å². The lowest BCUT2D eigenvalue weighted by Gasteiger charge is -2.16. The van der Waals surface area contributed by atoms with E-state index in [9.17, 15) is 9.18 Å². The first-order chi connectivity index (χ1) is 14.4. The zero-order valence-electron chi connectivity index (χ0n) is 16.9. The summed E-state index contributed by atoms with van der Waals surface area (Å²) in [6, 6.07) is 9.63. The van der Waals surface area contributed by atoms with Crippen LogP contribution in [0.15, 0.2) is 55.0 Å². The largest absolute Gasteiger partial charge is 0.328 e. The molecule has 6 nitrogen and oxygen atoms in total. The van der Waals surface area contributed by atoms with Gasteiger partial charge < -0.3 is 4.90 Å². The van der Waals surface area contributed by atoms with Crippen molar-refractivity contribution in [2.24, 2.45) is 7.05 Å². The summed E-state index contributed by atoms with van der Waals surface area (Å²) in [5.41, 5.74) is 2.50. The smallest absolute Gasteiger partial charge is 0.256 e. The molecule has 1 amide bonds. The highest BCUT2D eigenvalue weighted by Gasteiger charge is 2.28. The summed E-state index contributed by atoms with van der Waals surface area (Å²) in [6.45, 7) is -2.31. The number of amides is 1. The van der Waals surface area contributed by atoms with Gasteiger partial charge in [0.2, 0.25) is 0 Å². The van der Waals surface area contributed by atoms with Gasteiger partial charge in [0.15, 0.2) is 5.65 Å². The third-order valence-electron chi connectivity index (χ3n) is 4.75. The third kappa shape index (κ3) is 2.63. The molecule has 5 rings (SSSR count). The van der Waals surface area contributed by atoms with E-state index in [1.807, 2.05) is 6.20 Å². The van der Waals surface area contributed by atoms with Gasteiger partial charge in [-0.3, -0.25) is 14.5 Å². The molecule has 0 fully saturated rings. The van der Waals surface area contributed by atoms with Crippen molar-refractivity contribution in [1.29, 1.82) is 0 Å². The zero-order valence-corrected chi connectivity index (χ0v) is 14.9. The molecule has 1 aliphatic heterocycles. The number of pyridine rings is 2. The highest BCUT2D eigenvalue weighted by Crippen LogP contribution is 2.29. The van der Waals surface area contributed by atoms with Gasteiger partial charge >= 0.3 is 0 Å². The second kappa shape index (κ2) is 6.23. The van der Waals surface area contributed by atoms with E-state index >= 15 is 0 Å². The van der Waals surface area contributed by atoms with Gasteiger partial charge in [-0.25, -0.2) is 9.37 Å². The van der Waals surface area contributed by atoms with Crippen LogP contribution in [0, 0.1) is 5.82 Å². The van der Waals surface area contributed by atoms with Crippen LogP contribution in [0.2, 0.25) is 0 Å². The second-order valence-corrected chi connectivity index (χ2v) is 6.61. The van der Waals surface area contributed by atoms with Gasteiger partial charge in [-0.2, -0.15) is 5.10 Å². The molecule has 0 N–H and O–H groups in total. The summed E-state index contributed by atoms with van der Waals surface area (Å²) >= 11 is 0. The van der Waals surface area contributed by atoms with E-state index in [0.717, 1.165) is 15.8 Å². The summed E-state index contributed by atoms with van der Waals surface area (Å²) in [6.07, 6.45) is 4.89. The van der Waals surface area contributed by atoms with Crippen molar-refractivity contribution in [3.63, 3.8) is 0 Å². The molecule has 3 aromatic heterocycles. The first kappa shape index (κ1) is 14.4. The molecule has 0 saturated carbocycles. The zero-order chi connectivity index (χ0) is 21.0. The minimum absolute atomic E-state index is 0.0581. The van der Waals surface area contributed by atoms with Crippen LogP contribution in [0.1, 0.15) is 24.4 Å². The van der Waals surface area contributed by atoms with E-state index in [-0.39, 0.29) is 23.4 Å². The van der Waals surface area contributed by atoms with Crippen LogP contribution in [0.4, 0.5) is 4.39 Å². The second-order valence-electron chi connectivity index (χ2n) is 6.61. The van der Waals surface area contributed by atoms with E-state index < -0.39 is 18.2 Å². The SMILES string of the molecule is [2H]C1([2H])c2ncccc2C(=O)N1Cc1ccc(-c2ccnc3nn(C)cc23)cc1F. The van der Waals surface area contributed by atoms with E-state index in [1.54, 1.807) is 42.2 Å². The van der Waals surface area contributed by atoms with Gasteiger partial charge in [-0.1, -0.05) is 12.1 Å². The van der Waals surface area contributed by atoms with Crippen LogP contribution in [-0.2, 0) is 20.1 Å². The fourth-order valence-electron chi connectivity index (χ4n) is 3.40. The highest BCUT2D eigenvalue weighted by atomic mass is 19.1. The lowest BCUT2D eigenvalue weighted by Crippen LogP contribution is -2.23. The fourth-order valence-corrected chi connectivity index (χ4v) is 3.40. The van der Waals surface area contributed by atoms with Crippen molar-refractivity contribution in [2.75, 3.05) is 0 Å². The molecule has 0 saturated heterocycles. The Balaban J connectivity index is 1.50. The summed E-state index contributed by atoms with van der Waals surface area (Å²) in [7, 11) is 1.79. The Morgan fingerprint density at radius 1 is 1.18 bits per heavy atom. The minimum Gasteiger partial charge on any atom is -0.328 e. The molecule has 0 unspecified atom stereocenters. The highest BCUT2D eigenvalue weighted by molar-refractivity contribution is 5.97. The predicted octanol–water partition coefficient (Wildman–Crippen LogP) is 3.33. The minimum atomic E-state index is -2.11. The Morgan fingerprint density at radius 2 is 2.07 bits per heavy atom. The average molecular weight is 375 g/mol. The van der Waals surface area contributed by atoms with Gasteiger partial charge in [-0.15, -0.1) is 0 Å². The maximum absolute atomic E-state index is 15.0. The lowest BCUT2D eigenvalue weighted by molar-refractivity contribution is 0.0765. The molecule has 138 valence electrons. The molecule has 7 heteroatoms. The average Bonchev–Trinajstić information content (AvgIpc) is 3.19. The van der Waals surface area contributed by atoms with Crippen molar-refractivity contribution in [3.8, 4) is 11.1 Å².